The molecular formula is C26H30F3N. The predicted octanol–water partition coefficient (Wildman–Crippen LogP) is 6.91. The molecule has 0 N–H and O–H groups in total. The summed E-state index contributed by atoms with van der Waals surface area (Å²) in [5.74, 6) is 0.198. The van der Waals surface area contributed by atoms with Crippen LogP contribution in [0.1, 0.15) is 33.6 Å². The minimum absolute atomic E-state index is 0.00901. The van der Waals surface area contributed by atoms with Crippen LogP contribution in [0.3, 0.4) is 0 Å². The molecule has 0 fully saturated rings. The monoisotopic (exact) mass is 413 g/mol. The van der Waals surface area contributed by atoms with Crippen LogP contribution in [-0.2, 0) is 0 Å². The Morgan fingerprint density at radius 1 is 1.17 bits per heavy atom. The van der Waals surface area contributed by atoms with E-state index in [1.165, 1.54) is 28.9 Å². The van der Waals surface area contributed by atoms with Gasteiger partial charge >= 0.3 is 6.18 Å². The molecule has 0 bridgehead atoms. The lowest BCUT2D eigenvalue weighted by atomic mass is 9.62. The Morgan fingerprint density at radius 3 is 2.53 bits per heavy atom. The van der Waals surface area contributed by atoms with E-state index in [9.17, 15) is 13.2 Å². The SMILES string of the molecule is C=C(C)C1=CC(C(F)(F)F)=CC2C3C=CN(C)C(C4C=C(C)C=C(C)C4)C3=CCC12. The maximum absolute atomic E-state index is 13.7. The van der Waals surface area contributed by atoms with E-state index in [0.29, 0.717) is 5.92 Å². The number of allylic oxidation sites excluding steroid dienone is 10. The van der Waals surface area contributed by atoms with Gasteiger partial charge in [-0.1, -0.05) is 53.7 Å². The van der Waals surface area contributed by atoms with E-state index < -0.39 is 11.7 Å². The molecule has 3 aliphatic carbocycles. The highest BCUT2D eigenvalue weighted by molar-refractivity contribution is 5.47. The van der Waals surface area contributed by atoms with Crippen LogP contribution in [-0.4, -0.2) is 24.2 Å². The summed E-state index contributed by atoms with van der Waals surface area (Å²) in [6, 6.07) is 0.182. The average Bonchev–Trinajstić information content (AvgIpc) is 2.64. The molecule has 0 saturated heterocycles. The maximum Gasteiger partial charge on any atom is 0.416 e. The quantitative estimate of drug-likeness (QED) is 0.445. The van der Waals surface area contributed by atoms with Crippen molar-refractivity contribution in [3.05, 3.63) is 82.7 Å². The molecule has 0 aromatic carbocycles. The number of halogens is 3. The summed E-state index contributed by atoms with van der Waals surface area (Å²) >= 11 is 0. The van der Waals surface area contributed by atoms with Crippen molar-refractivity contribution in [2.45, 2.75) is 45.8 Å². The third-order valence-electron chi connectivity index (χ3n) is 7.00. The molecule has 30 heavy (non-hydrogen) atoms. The predicted molar refractivity (Wildman–Crippen MR) is 117 cm³/mol. The molecule has 0 saturated carbocycles. The van der Waals surface area contributed by atoms with Crippen LogP contribution in [0.25, 0.3) is 0 Å². The molecule has 4 rings (SSSR count). The lowest BCUT2D eigenvalue weighted by Gasteiger charge is -2.48. The van der Waals surface area contributed by atoms with Gasteiger partial charge in [-0.15, -0.1) is 0 Å². The van der Waals surface area contributed by atoms with E-state index in [-0.39, 0.29) is 23.8 Å². The van der Waals surface area contributed by atoms with Crippen LogP contribution >= 0.6 is 0 Å². The van der Waals surface area contributed by atoms with Gasteiger partial charge in [0.1, 0.15) is 0 Å². The molecule has 0 radical (unpaired) electrons. The first-order valence-corrected chi connectivity index (χ1v) is 10.7. The summed E-state index contributed by atoms with van der Waals surface area (Å²) in [4.78, 5) is 2.24. The lowest BCUT2D eigenvalue weighted by molar-refractivity contribution is -0.0893. The first-order valence-electron chi connectivity index (χ1n) is 10.7. The highest BCUT2D eigenvalue weighted by Gasteiger charge is 2.45. The Balaban J connectivity index is 1.75. The molecule has 0 amide bonds. The van der Waals surface area contributed by atoms with Gasteiger partial charge in [0.25, 0.3) is 0 Å². The van der Waals surface area contributed by atoms with Gasteiger partial charge in [-0.3, -0.25) is 0 Å². The molecule has 4 heteroatoms. The third-order valence-corrected chi connectivity index (χ3v) is 7.00. The molecule has 1 aliphatic heterocycles. The van der Waals surface area contributed by atoms with Crippen LogP contribution in [0.15, 0.2) is 82.7 Å². The summed E-state index contributed by atoms with van der Waals surface area (Å²) in [6.07, 6.45) is 11.2. The zero-order chi connectivity index (χ0) is 21.8. The average molecular weight is 414 g/mol. The van der Waals surface area contributed by atoms with Crippen molar-refractivity contribution in [3.8, 4) is 0 Å². The zero-order valence-corrected chi connectivity index (χ0v) is 18.1. The maximum atomic E-state index is 13.7. The highest BCUT2D eigenvalue weighted by atomic mass is 19.4. The molecule has 5 atom stereocenters. The largest absolute Gasteiger partial charge is 0.416 e. The van der Waals surface area contributed by atoms with Crippen LogP contribution in [0.2, 0.25) is 0 Å². The number of rotatable bonds is 2. The van der Waals surface area contributed by atoms with Crippen molar-refractivity contribution >= 4 is 0 Å². The second-order valence-corrected chi connectivity index (χ2v) is 9.37. The summed E-state index contributed by atoms with van der Waals surface area (Å²) in [5, 5.41) is 0. The molecule has 4 aliphatic rings. The second kappa shape index (κ2) is 7.47. The number of hydrogen-bond acceptors (Lipinski definition) is 1. The van der Waals surface area contributed by atoms with Crippen molar-refractivity contribution < 1.29 is 13.2 Å². The first-order chi connectivity index (χ1) is 14.1. The van der Waals surface area contributed by atoms with Gasteiger partial charge in [-0.05, 0) is 68.9 Å². The fourth-order valence-corrected chi connectivity index (χ4v) is 5.86. The van der Waals surface area contributed by atoms with E-state index in [4.69, 9.17) is 0 Å². The minimum atomic E-state index is -4.34. The van der Waals surface area contributed by atoms with Crippen molar-refractivity contribution in [2.75, 3.05) is 7.05 Å². The Bertz CT molecular complexity index is 938. The number of hydrogen-bond donors (Lipinski definition) is 0. The first kappa shape index (κ1) is 21.0. The molecule has 0 aromatic heterocycles. The fourth-order valence-electron chi connectivity index (χ4n) is 5.86. The normalized spacial score (nSPS) is 33.5. The molecule has 1 nitrogen and oxygen atoms in total. The number of fused-ring (bicyclic) bond motifs is 3. The summed E-state index contributed by atoms with van der Waals surface area (Å²) < 4.78 is 41.0. The summed E-state index contributed by atoms with van der Waals surface area (Å²) in [7, 11) is 2.08. The Morgan fingerprint density at radius 2 is 1.90 bits per heavy atom. The van der Waals surface area contributed by atoms with Crippen molar-refractivity contribution in [2.24, 2.45) is 23.7 Å². The zero-order valence-electron chi connectivity index (χ0n) is 18.1. The van der Waals surface area contributed by atoms with E-state index in [1.807, 2.05) is 6.92 Å². The number of nitrogens with zero attached hydrogens (tertiary/aromatic N) is 1. The van der Waals surface area contributed by atoms with E-state index in [2.05, 4.69) is 62.9 Å². The number of likely N-dealkylation sites (N-methyl/N-ethyl adjacent to an activating group) is 1. The van der Waals surface area contributed by atoms with Crippen molar-refractivity contribution in [3.63, 3.8) is 0 Å². The lowest BCUT2D eigenvalue weighted by Crippen LogP contribution is -2.45. The summed E-state index contributed by atoms with van der Waals surface area (Å²) in [5.41, 5.74) is 4.85. The van der Waals surface area contributed by atoms with Crippen LogP contribution < -0.4 is 0 Å². The smallest absolute Gasteiger partial charge is 0.373 e. The minimum Gasteiger partial charge on any atom is -0.373 e. The van der Waals surface area contributed by atoms with E-state index >= 15 is 0 Å². The fraction of sp³-hybridized carbons (Fsp3) is 0.462. The Hall–Kier alpha value is -2.23. The summed E-state index contributed by atoms with van der Waals surface area (Å²) in [6.45, 7) is 10.1. The van der Waals surface area contributed by atoms with Gasteiger partial charge in [0.05, 0.1) is 11.6 Å². The number of alkyl halides is 3. The van der Waals surface area contributed by atoms with Gasteiger partial charge in [0, 0.05) is 18.9 Å². The van der Waals surface area contributed by atoms with Gasteiger partial charge in [0.2, 0.25) is 0 Å². The van der Waals surface area contributed by atoms with Crippen LogP contribution in [0, 0.1) is 23.7 Å². The van der Waals surface area contributed by atoms with E-state index in [1.54, 1.807) is 0 Å². The van der Waals surface area contributed by atoms with Gasteiger partial charge < -0.3 is 4.90 Å². The van der Waals surface area contributed by atoms with Gasteiger partial charge in [0.15, 0.2) is 0 Å². The molecule has 160 valence electrons. The Kier molecular flexibility index (Phi) is 5.24. The molecular weight excluding hydrogens is 383 g/mol. The standard InChI is InChI=1S/C26H30F3N/c1-15(2)23-13-19(26(27,28)29)14-24-20(23)6-7-22-21(24)8-9-30(5)25(22)18-11-16(3)10-17(4)12-18/h7-11,13-14,18,20-21,24-25H,1,6,12H2,2-5H3. The molecule has 0 aromatic rings. The van der Waals surface area contributed by atoms with Crippen molar-refractivity contribution in [1.29, 1.82) is 0 Å². The Labute approximate surface area is 177 Å². The van der Waals surface area contributed by atoms with E-state index in [0.717, 1.165) is 24.0 Å². The third kappa shape index (κ3) is 3.66. The molecule has 5 unspecified atom stereocenters. The van der Waals surface area contributed by atoms with Crippen LogP contribution in [0.5, 0.6) is 0 Å². The van der Waals surface area contributed by atoms with Crippen LogP contribution in [0.4, 0.5) is 13.2 Å². The van der Waals surface area contributed by atoms with Gasteiger partial charge in [-0.25, -0.2) is 0 Å². The van der Waals surface area contributed by atoms with Gasteiger partial charge in [-0.2, -0.15) is 13.2 Å². The highest BCUT2D eigenvalue weighted by Crippen LogP contribution is 2.51. The van der Waals surface area contributed by atoms with Crippen molar-refractivity contribution in [1.82, 2.24) is 4.90 Å². The molecule has 0 spiro atoms. The molecule has 1 heterocycles. The topological polar surface area (TPSA) is 3.24 Å². The second-order valence-electron chi connectivity index (χ2n) is 9.37.